The molecule has 5 nitrogen and oxygen atoms in total. The van der Waals surface area contributed by atoms with E-state index in [1.165, 1.54) is 6.08 Å². The third-order valence-corrected chi connectivity index (χ3v) is 4.90. The zero-order valence-electron chi connectivity index (χ0n) is 13.1. The zero-order chi connectivity index (χ0) is 19.1. The second-order valence-corrected chi connectivity index (χ2v) is 7.66. The summed E-state index contributed by atoms with van der Waals surface area (Å²) in [5.41, 5.74) is 1.15. The van der Waals surface area contributed by atoms with Crippen molar-refractivity contribution in [3.63, 3.8) is 0 Å². The van der Waals surface area contributed by atoms with Crippen LogP contribution in [0.5, 0.6) is 5.75 Å². The van der Waals surface area contributed by atoms with Gasteiger partial charge in [0.25, 0.3) is 5.91 Å². The molecule has 130 valence electrons. The number of amides is 1. The number of carbonyl (C=O) groups excluding carboxylic acids is 1. The summed E-state index contributed by atoms with van der Waals surface area (Å²) in [4.78, 5) is 12.3. The van der Waals surface area contributed by atoms with E-state index in [1.807, 2.05) is 12.1 Å². The quantitative estimate of drug-likeness (QED) is 0.302. The van der Waals surface area contributed by atoms with Crippen molar-refractivity contribution >= 4 is 74.5 Å². The number of benzene rings is 2. The molecule has 0 aliphatic heterocycles. The van der Waals surface area contributed by atoms with Gasteiger partial charge >= 0.3 is 0 Å². The normalized spacial score (nSPS) is 10.6. The molecule has 1 N–H and O–H groups in total. The van der Waals surface area contributed by atoms with Gasteiger partial charge < -0.3 is 10.1 Å². The summed E-state index contributed by atoms with van der Waals surface area (Å²) in [6.45, 7) is -0.0489. The van der Waals surface area contributed by atoms with Gasteiger partial charge in [-0.2, -0.15) is 10.5 Å². The molecule has 2 rings (SSSR count). The second kappa shape index (κ2) is 9.76. The van der Waals surface area contributed by atoms with Crippen LogP contribution in [-0.2, 0) is 4.79 Å². The van der Waals surface area contributed by atoms with Crippen molar-refractivity contribution in [1.82, 2.24) is 0 Å². The summed E-state index contributed by atoms with van der Waals surface area (Å²) >= 11 is 10.1. The molecule has 0 saturated heterocycles. The van der Waals surface area contributed by atoms with Crippen LogP contribution in [0.15, 0.2) is 42.0 Å². The summed E-state index contributed by atoms with van der Waals surface area (Å²) in [6, 6.07) is 14.1. The smallest absolute Gasteiger partial charge is 0.266 e. The van der Waals surface area contributed by atoms with E-state index in [4.69, 9.17) is 21.6 Å². The summed E-state index contributed by atoms with van der Waals surface area (Å²) in [5, 5.41) is 21.1. The molecule has 0 radical (unpaired) electrons. The maximum Gasteiger partial charge on any atom is 0.266 e. The molecule has 0 fully saturated rings. The number of nitrogens with zero attached hydrogens (tertiary/aromatic N) is 2. The fraction of sp³-hybridized carbons (Fsp3) is 0.0556. The number of anilines is 1. The average Bonchev–Trinajstić information content (AvgIpc) is 2.59. The van der Waals surface area contributed by atoms with Crippen LogP contribution < -0.4 is 10.1 Å². The molecule has 0 bridgehead atoms. The number of hydrogen-bond donors (Lipinski definition) is 1. The molecule has 0 aliphatic carbocycles. The summed E-state index contributed by atoms with van der Waals surface area (Å²) in [6.07, 6.45) is 1.50. The lowest BCUT2D eigenvalue weighted by atomic mass is 10.1. The van der Waals surface area contributed by atoms with Crippen LogP contribution in [0, 0.1) is 29.8 Å². The third kappa shape index (κ3) is 5.59. The molecule has 0 atom stereocenters. The van der Waals surface area contributed by atoms with Crippen molar-refractivity contribution in [2.75, 3.05) is 11.9 Å². The lowest BCUT2D eigenvalue weighted by Crippen LogP contribution is -2.13. The molecule has 8 heteroatoms. The van der Waals surface area contributed by atoms with Crippen LogP contribution in [0.25, 0.3) is 6.08 Å². The van der Waals surface area contributed by atoms with Crippen LogP contribution in [0.1, 0.15) is 5.56 Å². The van der Waals surface area contributed by atoms with Gasteiger partial charge in [0.1, 0.15) is 23.5 Å². The van der Waals surface area contributed by atoms with E-state index in [0.29, 0.717) is 22.0 Å². The first kappa shape index (κ1) is 20.5. The lowest BCUT2D eigenvalue weighted by molar-refractivity contribution is -0.112. The fourth-order valence-corrected chi connectivity index (χ4v) is 4.30. The van der Waals surface area contributed by atoms with E-state index in [1.54, 1.807) is 36.4 Å². The zero-order valence-corrected chi connectivity index (χ0v) is 18.2. The molecule has 0 heterocycles. The number of rotatable bonds is 5. The number of carbonyl (C=O) groups is 1. The fourth-order valence-electron chi connectivity index (χ4n) is 1.99. The second-order valence-electron chi connectivity index (χ2n) is 4.89. The highest BCUT2D eigenvalue weighted by atomic mass is 127. The Morgan fingerprint density at radius 2 is 1.92 bits per heavy atom. The Hall–Kier alpha value is -1.82. The molecule has 0 aromatic heterocycles. The topological polar surface area (TPSA) is 85.9 Å². The Morgan fingerprint density at radius 3 is 2.50 bits per heavy atom. The molecule has 0 aliphatic rings. The molecule has 1 amide bonds. The van der Waals surface area contributed by atoms with E-state index in [9.17, 15) is 10.1 Å². The largest absolute Gasteiger partial charge is 0.477 e. The number of nitrogens with one attached hydrogen (secondary N) is 1. The lowest BCUT2D eigenvalue weighted by Gasteiger charge is -2.09. The number of ether oxygens (including phenoxy) is 1. The SMILES string of the molecule is N#CCOc1c(I)cc(/C=C(\C#N)C(=O)Nc2cccc(Cl)c2)cc1I. The summed E-state index contributed by atoms with van der Waals surface area (Å²) < 4.78 is 6.95. The predicted molar refractivity (Wildman–Crippen MR) is 117 cm³/mol. The van der Waals surface area contributed by atoms with Gasteiger partial charge in [-0.25, -0.2) is 0 Å². The van der Waals surface area contributed by atoms with E-state index in [2.05, 4.69) is 50.5 Å². The van der Waals surface area contributed by atoms with Gasteiger partial charge in [0.15, 0.2) is 6.61 Å². The molecule has 26 heavy (non-hydrogen) atoms. The van der Waals surface area contributed by atoms with Crippen LogP contribution in [0.2, 0.25) is 5.02 Å². The van der Waals surface area contributed by atoms with Gasteiger partial charge in [0, 0.05) is 10.7 Å². The number of nitriles is 2. The van der Waals surface area contributed by atoms with Crippen molar-refractivity contribution in [2.24, 2.45) is 0 Å². The molecular formula is C18H10ClI2N3O2. The maximum absolute atomic E-state index is 12.3. The Bertz CT molecular complexity index is 939. The third-order valence-electron chi connectivity index (χ3n) is 3.06. The highest BCUT2D eigenvalue weighted by Crippen LogP contribution is 2.30. The minimum atomic E-state index is -0.524. The number of halogens is 3. The molecule has 0 unspecified atom stereocenters. The van der Waals surface area contributed by atoms with Gasteiger partial charge in [-0.1, -0.05) is 17.7 Å². The first-order valence-electron chi connectivity index (χ1n) is 7.12. The van der Waals surface area contributed by atoms with E-state index < -0.39 is 5.91 Å². The predicted octanol–water partition coefficient (Wildman–Crippen LogP) is 5.00. The average molecular weight is 590 g/mol. The highest BCUT2D eigenvalue weighted by molar-refractivity contribution is 14.1. The van der Waals surface area contributed by atoms with Crippen LogP contribution >= 0.6 is 56.8 Å². The maximum atomic E-state index is 12.3. The van der Waals surface area contributed by atoms with Gasteiger partial charge in [0.05, 0.1) is 7.14 Å². The Balaban J connectivity index is 2.27. The summed E-state index contributed by atoms with van der Waals surface area (Å²) in [5.74, 6) is 0.0800. The standard InChI is InChI=1S/C18H10ClI2N3O2/c19-13-2-1-3-14(9-13)24-18(25)12(10-23)6-11-7-15(20)17(16(21)8-11)26-5-4-22/h1-3,6-9H,5H2,(H,24,25)/b12-6+. The van der Waals surface area contributed by atoms with Crippen molar-refractivity contribution in [1.29, 1.82) is 10.5 Å². The van der Waals surface area contributed by atoms with Crippen molar-refractivity contribution in [3.8, 4) is 17.9 Å². The summed E-state index contributed by atoms with van der Waals surface area (Å²) in [7, 11) is 0. The van der Waals surface area contributed by atoms with Gasteiger partial charge in [-0.3, -0.25) is 4.79 Å². The number of hydrogen-bond acceptors (Lipinski definition) is 4. The molecular weight excluding hydrogens is 579 g/mol. The Kier molecular flexibility index (Phi) is 7.69. The monoisotopic (exact) mass is 589 g/mol. The van der Waals surface area contributed by atoms with Crippen molar-refractivity contribution in [3.05, 3.63) is 59.7 Å². The van der Waals surface area contributed by atoms with E-state index in [0.717, 1.165) is 7.14 Å². The van der Waals surface area contributed by atoms with Crippen molar-refractivity contribution in [2.45, 2.75) is 0 Å². The molecule has 0 spiro atoms. The van der Waals surface area contributed by atoms with Gasteiger partial charge in [-0.05, 0) is 87.2 Å². The first-order chi connectivity index (χ1) is 12.4. The van der Waals surface area contributed by atoms with Gasteiger partial charge in [-0.15, -0.1) is 0 Å². The van der Waals surface area contributed by atoms with Crippen molar-refractivity contribution < 1.29 is 9.53 Å². The molecule has 0 saturated carbocycles. The van der Waals surface area contributed by atoms with E-state index >= 15 is 0 Å². The minimum absolute atomic E-state index is 0.0396. The van der Waals surface area contributed by atoms with Crippen LogP contribution in [0.4, 0.5) is 5.69 Å². The minimum Gasteiger partial charge on any atom is -0.477 e. The van der Waals surface area contributed by atoms with Crippen LogP contribution in [-0.4, -0.2) is 12.5 Å². The van der Waals surface area contributed by atoms with E-state index in [-0.39, 0.29) is 12.2 Å². The van der Waals surface area contributed by atoms with Crippen LogP contribution in [0.3, 0.4) is 0 Å². The Labute approximate surface area is 182 Å². The van der Waals surface area contributed by atoms with Gasteiger partial charge in [0.2, 0.25) is 0 Å². The Morgan fingerprint density at radius 1 is 1.23 bits per heavy atom. The highest BCUT2D eigenvalue weighted by Gasteiger charge is 2.12. The molecule has 2 aromatic rings. The molecule has 2 aromatic carbocycles. The first-order valence-corrected chi connectivity index (χ1v) is 9.65.